The summed E-state index contributed by atoms with van der Waals surface area (Å²) in [5.74, 6) is 1.02. The van der Waals surface area contributed by atoms with Gasteiger partial charge in [-0.25, -0.2) is 0 Å². The summed E-state index contributed by atoms with van der Waals surface area (Å²) in [5.41, 5.74) is 1.19. The summed E-state index contributed by atoms with van der Waals surface area (Å²) in [6.07, 6.45) is 5.68. The van der Waals surface area contributed by atoms with Gasteiger partial charge < -0.3 is 14.4 Å². The molecule has 2 unspecified atom stereocenters. The lowest BCUT2D eigenvalue weighted by Crippen LogP contribution is -2.56. The molecule has 2 fully saturated rings. The number of hydrogen-bond acceptors (Lipinski definition) is 3. The zero-order chi connectivity index (χ0) is 16.8. The highest BCUT2D eigenvalue weighted by Gasteiger charge is 2.40. The van der Waals surface area contributed by atoms with Crippen LogP contribution in [-0.2, 0) is 16.1 Å². The van der Waals surface area contributed by atoms with E-state index in [0.29, 0.717) is 24.5 Å². The number of hydrogen-bond donors (Lipinski definition) is 0. The van der Waals surface area contributed by atoms with Gasteiger partial charge in [0.15, 0.2) is 0 Å². The maximum Gasteiger partial charge on any atom is 0.0721 e. The summed E-state index contributed by atoms with van der Waals surface area (Å²) < 4.78 is 12.1. The number of rotatable bonds is 8. The van der Waals surface area contributed by atoms with Crippen LogP contribution >= 0.6 is 11.6 Å². The minimum Gasteiger partial charge on any atom is -0.381 e. The van der Waals surface area contributed by atoms with Crippen LogP contribution < -0.4 is 0 Å². The van der Waals surface area contributed by atoms with Crippen molar-refractivity contribution in [1.29, 1.82) is 0 Å². The van der Waals surface area contributed by atoms with E-state index < -0.39 is 0 Å². The van der Waals surface area contributed by atoms with Crippen molar-refractivity contribution >= 4 is 11.6 Å². The summed E-state index contributed by atoms with van der Waals surface area (Å²) >= 11 is 5.95. The first-order valence-corrected chi connectivity index (χ1v) is 9.80. The third kappa shape index (κ3) is 4.95. The van der Waals surface area contributed by atoms with Gasteiger partial charge in [0.2, 0.25) is 0 Å². The predicted octanol–water partition coefficient (Wildman–Crippen LogP) is 4.38. The SMILES string of the molecule is CCCCCCN1CC2COCC(C1)C2OCc1ccc(Cl)cc1. The average Bonchev–Trinajstić information content (AvgIpc) is 2.58. The Bertz CT molecular complexity index is 479. The number of halogens is 1. The normalized spacial score (nSPS) is 27.3. The van der Waals surface area contributed by atoms with Gasteiger partial charge in [-0.15, -0.1) is 0 Å². The van der Waals surface area contributed by atoms with Crippen LogP contribution in [0.15, 0.2) is 24.3 Å². The van der Waals surface area contributed by atoms with E-state index in [1.807, 2.05) is 12.1 Å². The lowest BCUT2D eigenvalue weighted by atomic mass is 9.84. The molecule has 2 aliphatic heterocycles. The van der Waals surface area contributed by atoms with Crippen molar-refractivity contribution in [2.45, 2.75) is 45.3 Å². The molecule has 2 bridgehead atoms. The minimum atomic E-state index is 0.335. The van der Waals surface area contributed by atoms with Crippen LogP contribution in [-0.4, -0.2) is 43.9 Å². The zero-order valence-electron chi connectivity index (χ0n) is 14.8. The summed E-state index contributed by atoms with van der Waals surface area (Å²) in [6.45, 7) is 8.09. The Morgan fingerprint density at radius 3 is 2.46 bits per heavy atom. The van der Waals surface area contributed by atoms with Crippen LogP contribution in [0.2, 0.25) is 5.02 Å². The Hall–Kier alpha value is -0.610. The van der Waals surface area contributed by atoms with Gasteiger partial charge in [-0.1, -0.05) is 49.9 Å². The van der Waals surface area contributed by atoms with E-state index in [2.05, 4.69) is 24.0 Å². The zero-order valence-corrected chi connectivity index (χ0v) is 15.5. The van der Waals surface area contributed by atoms with Crippen molar-refractivity contribution in [3.05, 3.63) is 34.9 Å². The largest absolute Gasteiger partial charge is 0.381 e. The molecule has 1 aromatic rings. The van der Waals surface area contributed by atoms with E-state index in [1.165, 1.54) is 37.8 Å². The minimum absolute atomic E-state index is 0.335. The molecule has 2 saturated heterocycles. The molecular weight excluding hydrogens is 322 g/mol. The van der Waals surface area contributed by atoms with E-state index in [0.717, 1.165) is 31.3 Å². The van der Waals surface area contributed by atoms with Crippen molar-refractivity contribution in [2.24, 2.45) is 11.8 Å². The first kappa shape index (κ1) is 18.2. The van der Waals surface area contributed by atoms with Crippen molar-refractivity contribution < 1.29 is 9.47 Å². The van der Waals surface area contributed by atoms with E-state index in [-0.39, 0.29) is 0 Å². The third-order valence-electron chi connectivity index (χ3n) is 5.26. The van der Waals surface area contributed by atoms with Gasteiger partial charge in [0.05, 0.1) is 25.9 Å². The molecule has 0 aromatic heterocycles. The second-order valence-corrected chi connectivity index (χ2v) is 7.72. The number of piperidine rings is 1. The number of fused-ring (bicyclic) bond motifs is 2. The molecule has 0 aliphatic carbocycles. The van der Waals surface area contributed by atoms with Crippen molar-refractivity contribution in [3.63, 3.8) is 0 Å². The molecule has 1 aromatic carbocycles. The van der Waals surface area contributed by atoms with Crippen molar-refractivity contribution in [3.8, 4) is 0 Å². The summed E-state index contributed by atoms with van der Waals surface area (Å²) in [5, 5.41) is 0.778. The molecule has 2 heterocycles. The molecule has 24 heavy (non-hydrogen) atoms. The molecule has 3 nitrogen and oxygen atoms in total. The fourth-order valence-electron chi connectivity index (χ4n) is 3.99. The number of benzene rings is 1. The van der Waals surface area contributed by atoms with Gasteiger partial charge in [-0.3, -0.25) is 0 Å². The molecule has 0 amide bonds. The first-order valence-electron chi connectivity index (χ1n) is 9.42. The lowest BCUT2D eigenvalue weighted by Gasteiger charge is -2.46. The van der Waals surface area contributed by atoms with Gasteiger partial charge >= 0.3 is 0 Å². The Morgan fingerprint density at radius 1 is 1.08 bits per heavy atom. The number of unbranched alkanes of at least 4 members (excludes halogenated alkanes) is 3. The number of ether oxygens (including phenoxy) is 2. The monoisotopic (exact) mass is 351 g/mol. The average molecular weight is 352 g/mol. The van der Waals surface area contributed by atoms with Crippen LogP contribution in [0, 0.1) is 11.8 Å². The lowest BCUT2D eigenvalue weighted by molar-refractivity contribution is -0.154. The maximum atomic E-state index is 6.32. The molecule has 0 radical (unpaired) electrons. The van der Waals surface area contributed by atoms with Gasteiger partial charge in [-0.05, 0) is 30.7 Å². The standard InChI is InChI=1S/C20H30ClNO2/c1-2-3-4-5-10-22-11-17-14-23-15-18(12-22)20(17)24-13-16-6-8-19(21)9-7-16/h6-9,17-18,20H,2-5,10-15H2,1H3. The molecule has 134 valence electrons. The Labute approximate surface area is 151 Å². The fraction of sp³-hybridized carbons (Fsp3) is 0.700. The first-order chi connectivity index (χ1) is 11.8. The van der Waals surface area contributed by atoms with Crippen molar-refractivity contribution in [1.82, 2.24) is 4.90 Å². The predicted molar refractivity (Wildman–Crippen MR) is 98.4 cm³/mol. The van der Waals surface area contributed by atoms with Crippen LogP contribution in [0.25, 0.3) is 0 Å². The molecule has 0 N–H and O–H groups in total. The van der Waals surface area contributed by atoms with E-state index in [4.69, 9.17) is 21.1 Å². The highest BCUT2D eigenvalue weighted by atomic mass is 35.5. The molecule has 2 atom stereocenters. The second-order valence-electron chi connectivity index (χ2n) is 7.28. The Kier molecular flexibility index (Phi) is 6.96. The van der Waals surface area contributed by atoms with E-state index in [9.17, 15) is 0 Å². The summed E-state index contributed by atoms with van der Waals surface area (Å²) in [4.78, 5) is 2.63. The fourth-order valence-corrected chi connectivity index (χ4v) is 4.11. The van der Waals surface area contributed by atoms with Gasteiger partial charge in [0, 0.05) is 29.9 Å². The van der Waals surface area contributed by atoms with Gasteiger partial charge in [0.25, 0.3) is 0 Å². The summed E-state index contributed by atoms with van der Waals surface area (Å²) in [7, 11) is 0. The molecule has 0 spiro atoms. The highest BCUT2D eigenvalue weighted by molar-refractivity contribution is 6.30. The Morgan fingerprint density at radius 2 is 1.79 bits per heavy atom. The van der Waals surface area contributed by atoms with Gasteiger partial charge in [-0.2, -0.15) is 0 Å². The number of nitrogens with zero attached hydrogens (tertiary/aromatic N) is 1. The van der Waals surface area contributed by atoms with Crippen molar-refractivity contribution in [2.75, 3.05) is 32.8 Å². The highest BCUT2D eigenvalue weighted by Crippen LogP contribution is 2.31. The molecule has 3 rings (SSSR count). The summed E-state index contributed by atoms with van der Waals surface area (Å²) in [6, 6.07) is 7.97. The van der Waals surface area contributed by atoms with Crippen LogP contribution in [0.4, 0.5) is 0 Å². The topological polar surface area (TPSA) is 21.7 Å². The van der Waals surface area contributed by atoms with Crippen LogP contribution in [0.3, 0.4) is 0 Å². The smallest absolute Gasteiger partial charge is 0.0721 e. The van der Waals surface area contributed by atoms with Gasteiger partial charge in [0.1, 0.15) is 0 Å². The van der Waals surface area contributed by atoms with E-state index in [1.54, 1.807) is 0 Å². The van der Waals surface area contributed by atoms with E-state index >= 15 is 0 Å². The molecule has 4 heteroatoms. The van der Waals surface area contributed by atoms with Crippen LogP contribution in [0.1, 0.15) is 38.2 Å². The molecule has 2 aliphatic rings. The second kappa shape index (κ2) is 9.19. The molecule has 0 saturated carbocycles. The maximum absolute atomic E-state index is 6.32. The molecular formula is C20H30ClNO2. The number of likely N-dealkylation sites (tertiary alicyclic amines) is 1. The van der Waals surface area contributed by atoms with Crippen LogP contribution in [0.5, 0.6) is 0 Å². The third-order valence-corrected chi connectivity index (χ3v) is 5.51. The Balaban J connectivity index is 1.49. The quantitative estimate of drug-likeness (QED) is 0.648.